The minimum absolute atomic E-state index is 0. The van der Waals surface area contributed by atoms with Crippen LogP contribution in [0.3, 0.4) is 0 Å². The first-order valence-electron chi connectivity index (χ1n) is 8.73. The molecule has 0 fully saturated rings. The summed E-state index contributed by atoms with van der Waals surface area (Å²) in [7, 11) is 12.4. The molecule has 0 saturated heterocycles. The van der Waals surface area contributed by atoms with Crippen molar-refractivity contribution in [3.05, 3.63) is 0 Å². The summed E-state index contributed by atoms with van der Waals surface area (Å²) >= 11 is -0.361. The van der Waals surface area contributed by atoms with Crippen LogP contribution >= 0.6 is 40.2 Å². The summed E-state index contributed by atoms with van der Waals surface area (Å²) in [5, 5.41) is 17.5. The van der Waals surface area contributed by atoms with Gasteiger partial charge in [0.05, 0.1) is 0 Å². The summed E-state index contributed by atoms with van der Waals surface area (Å²) in [5.74, 6) is -16.9. The van der Waals surface area contributed by atoms with Crippen molar-refractivity contribution in [2.24, 2.45) is 0 Å². The zero-order chi connectivity index (χ0) is 31.6. The zero-order valence-corrected chi connectivity index (χ0v) is 27.1. The molecule has 0 atom stereocenters. The number of carboxylic acid groups (broad SMARTS) is 1. The van der Waals surface area contributed by atoms with Gasteiger partial charge in [0.15, 0.2) is 0 Å². The Bertz CT molecular complexity index is 703. The van der Waals surface area contributed by atoms with E-state index in [4.69, 9.17) is 55.5 Å². The fraction of sp³-hybridized carbons (Fsp3) is 0.929. The Kier molecular flexibility index (Phi) is 41.0. The van der Waals surface area contributed by atoms with Crippen molar-refractivity contribution < 1.29 is 111 Å². The number of hydrogen-bond donors (Lipinski definition) is 3. The number of aliphatic hydroxyl groups is 2. The molecule has 254 valence electrons. The predicted octanol–water partition coefficient (Wildman–Crippen LogP) is 3.20. The summed E-state index contributed by atoms with van der Waals surface area (Å²) in [5.41, 5.74) is 0. The summed E-state index contributed by atoms with van der Waals surface area (Å²) in [4.78, 5) is 10.3. The maximum absolute atomic E-state index is 13.3. The van der Waals surface area contributed by atoms with E-state index >= 15 is 0 Å². The molecule has 40 heavy (non-hydrogen) atoms. The molecule has 0 aliphatic heterocycles. The van der Waals surface area contributed by atoms with Crippen molar-refractivity contribution >= 4 is 56.2 Å². The number of carboxylic acids is 1. The van der Waals surface area contributed by atoms with Gasteiger partial charge in [-0.05, 0) is 27.7 Å². The van der Waals surface area contributed by atoms with Crippen LogP contribution in [0.25, 0.3) is 0 Å². The van der Waals surface area contributed by atoms with Crippen molar-refractivity contribution in [3.63, 3.8) is 0 Å². The van der Waals surface area contributed by atoms with E-state index in [0.29, 0.717) is 6.92 Å². The quantitative estimate of drug-likeness (QED) is 0.329. The number of sulfonamides is 1. The van der Waals surface area contributed by atoms with Crippen LogP contribution in [-0.2, 0) is 41.6 Å². The van der Waals surface area contributed by atoms with E-state index in [1.165, 1.54) is 0 Å². The molecular weight excluding hydrogens is 775 g/mol. The second kappa shape index (κ2) is 27.3. The van der Waals surface area contributed by atoms with Gasteiger partial charge in [0.1, 0.15) is 6.54 Å². The van der Waals surface area contributed by atoms with Crippen LogP contribution in [0.2, 0.25) is 0 Å². The zero-order valence-electron chi connectivity index (χ0n) is 20.7. The van der Waals surface area contributed by atoms with E-state index in [0.717, 1.165) is 0 Å². The summed E-state index contributed by atoms with van der Waals surface area (Å²) in [6, 6.07) is 0. The molecule has 0 bridgehead atoms. The number of carbonyl (C=O) groups is 1. The van der Waals surface area contributed by atoms with E-state index in [1.54, 1.807) is 27.7 Å². The number of aliphatic hydroxyl groups excluding tert-OH is 2. The molecule has 0 aliphatic carbocycles. The molecule has 0 radical (unpaired) electrons. The molecule has 0 aromatic heterocycles. The van der Waals surface area contributed by atoms with Gasteiger partial charge in [-0.3, -0.25) is 4.79 Å². The molecule has 0 heterocycles. The SMILES string of the molecule is CC(C)O.CC(C)O.CCN(CC(=O)O)S(=O)(=O)C(F)(F)C(F)(F)C(F)(F)C(F)(F)F.O.O.O.[Cl][Cr][Cl].[Cl][Cr][Cl]. The fourth-order valence-electron chi connectivity index (χ4n) is 1.20. The maximum atomic E-state index is 13.3. The van der Waals surface area contributed by atoms with Crippen LogP contribution in [-0.4, -0.2) is 99.0 Å². The monoisotopic (exact) mass is 803 g/mol. The van der Waals surface area contributed by atoms with E-state index in [1.807, 2.05) is 0 Å². The number of hydrogen-bond acceptors (Lipinski definition) is 5. The first kappa shape index (κ1) is 60.1. The van der Waals surface area contributed by atoms with Gasteiger partial charge in [-0.1, -0.05) is 6.92 Å². The Hall–Kier alpha value is 0.775. The van der Waals surface area contributed by atoms with E-state index in [2.05, 4.69) is 0 Å². The van der Waals surface area contributed by atoms with Gasteiger partial charge in [-0.2, -0.15) is 43.8 Å². The number of likely N-dealkylation sites (N-methyl/N-ethyl adjacent to an activating group) is 1. The summed E-state index contributed by atoms with van der Waals surface area (Å²) in [6.45, 7) is 4.52. The van der Waals surface area contributed by atoms with Crippen molar-refractivity contribution in [1.29, 1.82) is 0 Å². The van der Waals surface area contributed by atoms with Crippen molar-refractivity contribution in [2.75, 3.05) is 13.1 Å². The number of halogens is 13. The molecule has 0 rings (SSSR count). The molecular formula is C14H30Cl4Cr2F9NO9S. The van der Waals surface area contributed by atoms with Gasteiger partial charge in [0.2, 0.25) is 0 Å². The number of aliphatic carboxylic acids is 1. The first-order valence-corrected chi connectivity index (χ1v) is 17.2. The van der Waals surface area contributed by atoms with Gasteiger partial charge >= 0.3 is 96.2 Å². The molecule has 0 aliphatic rings. The molecule has 9 N–H and O–H groups in total. The van der Waals surface area contributed by atoms with Gasteiger partial charge in [0.25, 0.3) is 10.0 Å². The fourth-order valence-corrected chi connectivity index (χ4v) is 2.60. The molecule has 0 spiro atoms. The Morgan fingerprint density at radius 2 is 1.00 bits per heavy atom. The van der Waals surface area contributed by atoms with Gasteiger partial charge in [-0.25, -0.2) is 8.42 Å². The second-order valence-corrected chi connectivity index (χ2v) is 12.5. The van der Waals surface area contributed by atoms with Crippen LogP contribution in [0.1, 0.15) is 34.6 Å². The molecule has 10 nitrogen and oxygen atoms in total. The average molecular weight is 805 g/mol. The van der Waals surface area contributed by atoms with Crippen LogP contribution in [0.15, 0.2) is 0 Å². The normalized spacial score (nSPS) is 11.4. The Morgan fingerprint density at radius 3 is 1.15 bits per heavy atom. The van der Waals surface area contributed by atoms with Crippen LogP contribution < -0.4 is 0 Å². The third kappa shape index (κ3) is 23.3. The summed E-state index contributed by atoms with van der Waals surface area (Å²) in [6.07, 6.45) is -7.51. The van der Waals surface area contributed by atoms with Crippen molar-refractivity contribution in [1.82, 2.24) is 4.31 Å². The molecule has 26 heteroatoms. The number of rotatable bonds is 7. The van der Waals surface area contributed by atoms with Crippen LogP contribution in [0.5, 0.6) is 0 Å². The second-order valence-electron chi connectivity index (χ2n) is 6.29. The molecule has 0 aromatic carbocycles. The predicted molar refractivity (Wildman–Crippen MR) is 124 cm³/mol. The molecule has 0 unspecified atom stereocenters. The molecule has 0 amide bonds. The average Bonchev–Trinajstić information content (AvgIpc) is 2.64. The standard InChI is InChI=1S/C8H8F9NO4S.2C3H8O.4ClH.2Cr.3H2O/c1-2-18(3-4(19)20)23(21,22)8(16,17)6(11,12)5(9,10)7(13,14)15;2*1-3(2)4;;;;;;;;;/h2-3H2,1H3,(H,19,20);2*3-4H,1-2H3;4*1H;;;3*1H2/q;;;;;;;2*+2;;;/p-4. The number of alkyl halides is 9. The van der Waals surface area contributed by atoms with E-state index < -0.39 is 56.7 Å². The van der Waals surface area contributed by atoms with E-state index in [9.17, 15) is 52.7 Å². The Morgan fingerprint density at radius 1 is 0.775 bits per heavy atom. The first-order chi connectivity index (χ1) is 16.2. The van der Waals surface area contributed by atoms with Gasteiger partial charge < -0.3 is 31.7 Å². The molecule has 0 aromatic rings. The third-order valence-electron chi connectivity index (χ3n) is 2.44. The van der Waals surface area contributed by atoms with Crippen molar-refractivity contribution in [2.45, 2.75) is 70.1 Å². The summed E-state index contributed by atoms with van der Waals surface area (Å²) < 4.78 is 135. The van der Waals surface area contributed by atoms with Gasteiger partial charge in [0, 0.05) is 18.8 Å². The Balaban J connectivity index is -0.0000000837. The minimum atomic E-state index is -7.39. The molecule has 0 saturated carbocycles. The topological polar surface area (TPSA) is 210 Å². The van der Waals surface area contributed by atoms with Gasteiger partial charge in [-0.15, -0.1) is 0 Å². The third-order valence-corrected chi connectivity index (χ3v) is 4.42. The number of nitrogens with zero attached hydrogens (tertiary/aromatic N) is 1. The van der Waals surface area contributed by atoms with Crippen molar-refractivity contribution in [3.8, 4) is 0 Å². The van der Waals surface area contributed by atoms with Crippen LogP contribution in [0.4, 0.5) is 39.5 Å². The Labute approximate surface area is 253 Å². The van der Waals surface area contributed by atoms with E-state index in [-0.39, 0.29) is 55.4 Å². The van der Waals surface area contributed by atoms with Crippen LogP contribution in [0, 0.1) is 0 Å².